The molecule has 3 rings (SSSR count). The summed E-state index contributed by atoms with van der Waals surface area (Å²) in [5, 5.41) is 18.1. The van der Waals surface area contributed by atoms with E-state index in [1.54, 1.807) is 12.1 Å². The number of rotatable bonds is 7. The first kappa shape index (κ1) is 23.4. The van der Waals surface area contributed by atoms with Crippen molar-refractivity contribution in [3.63, 3.8) is 0 Å². The molecule has 0 amide bonds. The van der Waals surface area contributed by atoms with E-state index in [1.165, 1.54) is 12.1 Å². The van der Waals surface area contributed by atoms with E-state index in [2.05, 4.69) is 15.6 Å². The zero-order valence-electron chi connectivity index (χ0n) is 15.8. The van der Waals surface area contributed by atoms with Crippen LogP contribution in [0.15, 0.2) is 53.5 Å². The molecule has 1 aliphatic heterocycles. The highest BCUT2D eigenvalue weighted by Crippen LogP contribution is 2.15. The fraction of sp³-hybridized carbons (Fsp3) is 0.350. The maximum Gasteiger partial charge on any atom is 0.269 e. The number of nitro benzene ring substituents is 1. The Kier molecular flexibility index (Phi) is 9.62. The molecule has 1 aliphatic rings. The summed E-state index contributed by atoms with van der Waals surface area (Å²) in [7, 11) is 0. The van der Waals surface area contributed by atoms with Crippen LogP contribution in [-0.2, 0) is 17.8 Å². The number of aliphatic imine (C=N–C) groups is 1. The van der Waals surface area contributed by atoms with Crippen molar-refractivity contribution in [2.24, 2.45) is 4.99 Å². The molecule has 0 saturated carbocycles. The molecule has 1 saturated heterocycles. The molecule has 1 heterocycles. The summed E-state index contributed by atoms with van der Waals surface area (Å²) in [6.07, 6.45) is 2.30. The molecule has 1 atom stereocenters. The summed E-state index contributed by atoms with van der Waals surface area (Å²) < 4.78 is 5.65. The molecule has 1 unspecified atom stereocenters. The molecule has 2 aromatic rings. The summed E-state index contributed by atoms with van der Waals surface area (Å²) in [6.45, 7) is 2.42. The molecule has 0 radical (unpaired) electrons. The first-order valence-electron chi connectivity index (χ1n) is 9.22. The normalized spacial score (nSPS) is 16.2. The van der Waals surface area contributed by atoms with Gasteiger partial charge in [-0.15, -0.1) is 24.0 Å². The largest absolute Gasteiger partial charge is 0.376 e. The second kappa shape index (κ2) is 11.9. The highest BCUT2D eigenvalue weighted by atomic mass is 127. The molecule has 0 spiro atoms. The van der Waals surface area contributed by atoms with E-state index in [1.807, 2.05) is 24.3 Å². The molecule has 7 nitrogen and oxygen atoms in total. The van der Waals surface area contributed by atoms with Crippen molar-refractivity contribution >= 4 is 47.2 Å². The molecule has 156 valence electrons. The minimum atomic E-state index is -0.410. The van der Waals surface area contributed by atoms with Crippen LogP contribution in [0.5, 0.6) is 0 Å². The Hall–Kier alpha value is -1.91. The lowest BCUT2D eigenvalue weighted by Gasteiger charge is -2.16. The average molecular weight is 531 g/mol. The summed E-state index contributed by atoms with van der Waals surface area (Å²) in [6, 6.07) is 14.1. The van der Waals surface area contributed by atoms with Gasteiger partial charge in [0, 0.05) is 36.9 Å². The van der Waals surface area contributed by atoms with Crippen LogP contribution in [0.2, 0.25) is 5.02 Å². The number of ether oxygens (including phenoxy) is 1. The Morgan fingerprint density at radius 3 is 2.62 bits per heavy atom. The van der Waals surface area contributed by atoms with E-state index in [4.69, 9.17) is 16.3 Å². The quantitative estimate of drug-likeness (QED) is 0.183. The number of hydrogen-bond donors (Lipinski definition) is 2. The fourth-order valence-electron chi connectivity index (χ4n) is 2.90. The number of non-ortho nitro benzene ring substituents is 1. The average Bonchev–Trinajstić information content (AvgIpc) is 3.22. The van der Waals surface area contributed by atoms with E-state index in [9.17, 15) is 10.1 Å². The van der Waals surface area contributed by atoms with Crippen LogP contribution in [-0.4, -0.2) is 30.1 Å². The first-order valence-corrected chi connectivity index (χ1v) is 9.60. The van der Waals surface area contributed by atoms with Crippen LogP contribution in [0.4, 0.5) is 5.69 Å². The van der Waals surface area contributed by atoms with Crippen molar-refractivity contribution in [3.05, 3.63) is 74.8 Å². The Morgan fingerprint density at radius 1 is 1.21 bits per heavy atom. The second-order valence-electron chi connectivity index (χ2n) is 6.55. The maximum absolute atomic E-state index is 10.8. The van der Waals surface area contributed by atoms with Crippen molar-refractivity contribution in [1.82, 2.24) is 10.6 Å². The maximum atomic E-state index is 10.8. The molecular weight excluding hydrogens is 507 g/mol. The van der Waals surface area contributed by atoms with E-state index >= 15 is 0 Å². The highest BCUT2D eigenvalue weighted by Gasteiger charge is 2.15. The monoisotopic (exact) mass is 530 g/mol. The molecule has 29 heavy (non-hydrogen) atoms. The molecule has 0 bridgehead atoms. The van der Waals surface area contributed by atoms with Gasteiger partial charge in [0.05, 0.1) is 17.6 Å². The van der Waals surface area contributed by atoms with E-state index < -0.39 is 4.92 Å². The van der Waals surface area contributed by atoms with Gasteiger partial charge in [0.2, 0.25) is 0 Å². The minimum Gasteiger partial charge on any atom is -0.376 e. The third-order valence-corrected chi connectivity index (χ3v) is 4.86. The van der Waals surface area contributed by atoms with Crippen LogP contribution in [0.1, 0.15) is 24.0 Å². The molecule has 2 aromatic carbocycles. The summed E-state index contributed by atoms with van der Waals surface area (Å²) >= 11 is 6.23. The molecule has 0 aliphatic carbocycles. The molecule has 0 aromatic heterocycles. The summed E-state index contributed by atoms with van der Waals surface area (Å²) in [5.41, 5.74) is 1.94. The van der Waals surface area contributed by atoms with Gasteiger partial charge in [0.25, 0.3) is 5.69 Å². The predicted octanol–water partition coefficient (Wildman–Crippen LogP) is 4.28. The SMILES string of the molecule is I.O=[N+]([O-])c1ccc(CN=C(NCc2ccccc2Cl)NCC2CCCO2)cc1. The smallest absolute Gasteiger partial charge is 0.269 e. The zero-order valence-corrected chi connectivity index (χ0v) is 18.9. The minimum absolute atomic E-state index is 0. The number of halogens is 2. The lowest BCUT2D eigenvalue weighted by molar-refractivity contribution is -0.384. The van der Waals surface area contributed by atoms with Gasteiger partial charge in [-0.05, 0) is 30.0 Å². The third-order valence-electron chi connectivity index (χ3n) is 4.49. The van der Waals surface area contributed by atoms with Gasteiger partial charge in [-0.1, -0.05) is 41.9 Å². The van der Waals surface area contributed by atoms with Crippen molar-refractivity contribution in [1.29, 1.82) is 0 Å². The van der Waals surface area contributed by atoms with Gasteiger partial charge >= 0.3 is 0 Å². The number of guanidine groups is 1. The van der Waals surface area contributed by atoms with Gasteiger partial charge in [-0.2, -0.15) is 0 Å². The first-order chi connectivity index (χ1) is 13.6. The van der Waals surface area contributed by atoms with Crippen molar-refractivity contribution in [3.8, 4) is 0 Å². The third kappa shape index (κ3) is 7.45. The van der Waals surface area contributed by atoms with Crippen molar-refractivity contribution < 1.29 is 9.66 Å². The topological polar surface area (TPSA) is 88.8 Å². The van der Waals surface area contributed by atoms with E-state index in [0.717, 1.165) is 30.6 Å². The van der Waals surface area contributed by atoms with Gasteiger partial charge in [-0.25, -0.2) is 4.99 Å². The lowest BCUT2D eigenvalue weighted by Crippen LogP contribution is -2.40. The van der Waals surface area contributed by atoms with Crippen molar-refractivity contribution in [2.45, 2.75) is 32.0 Å². The highest BCUT2D eigenvalue weighted by molar-refractivity contribution is 14.0. The Bertz CT molecular complexity index is 827. The Morgan fingerprint density at radius 2 is 1.97 bits per heavy atom. The Balaban J connectivity index is 0.00000300. The van der Waals surface area contributed by atoms with Crippen LogP contribution in [0.3, 0.4) is 0 Å². The number of hydrogen-bond acceptors (Lipinski definition) is 4. The standard InChI is InChI=1S/C20H23ClN4O3.HI/c21-19-6-2-1-4-16(19)13-23-20(24-14-18-5-3-11-28-18)22-12-15-7-9-17(10-8-15)25(26)27;/h1-2,4,6-10,18H,3,5,11-14H2,(H2,22,23,24);1H. The van der Waals surface area contributed by atoms with Gasteiger partial charge in [-0.3, -0.25) is 10.1 Å². The van der Waals surface area contributed by atoms with Crippen LogP contribution in [0.25, 0.3) is 0 Å². The molecule has 9 heteroatoms. The van der Waals surface area contributed by atoms with Gasteiger partial charge in [0.1, 0.15) is 0 Å². The fourth-order valence-corrected chi connectivity index (χ4v) is 3.11. The molecule has 1 fully saturated rings. The van der Waals surface area contributed by atoms with E-state index in [0.29, 0.717) is 30.6 Å². The van der Waals surface area contributed by atoms with Gasteiger partial charge < -0.3 is 15.4 Å². The van der Waals surface area contributed by atoms with Crippen LogP contribution >= 0.6 is 35.6 Å². The van der Waals surface area contributed by atoms with Gasteiger partial charge in [0.15, 0.2) is 5.96 Å². The lowest BCUT2D eigenvalue weighted by atomic mass is 10.2. The number of nitrogens with one attached hydrogen (secondary N) is 2. The summed E-state index contributed by atoms with van der Waals surface area (Å²) in [5.74, 6) is 0.647. The summed E-state index contributed by atoms with van der Waals surface area (Å²) in [4.78, 5) is 15.0. The molecular formula is C20H24ClIN4O3. The van der Waals surface area contributed by atoms with E-state index in [-0.39, 0.29) is 35.8 Å². The second-order valence-corrected chi connectivity index (χ2v) is 6.96. The number of nitro groups is 1. The predicted molar refractivity (Wildman–Crippen MR) is 125 cm³/mol. The number of nitrogens with zero attached hydrogens (tertiary/aromatic N) is 2. The Labute approximate surface area is 192 Å². The molecule has 2 N–H and O–H groups in total. The number of benzene rings is 2. The van der Waals surface area contributed by atoms with Crippen LogP contribution in [0, 0.1) is 10.1 Å². The van der Waals surface area contributed by atoms with Crippen LogP contribution < -0.4 is 10.6 Å². The zero-order chi connectivity index (χ0) is 19.8. The van der Waals surface area contributed by atoms with Crippen molar-refractivity contribution in [2.75, 3.05) is 13.2 Å².